The molecule has 96 valence electrons. The Morgan fingerprint density at radius 1 is 1.28 bits per heavy atom. The van der Waals surface area contributed by atoms with Gasteiger partial charge in [0, 0.05) is 22.3 Å². The van der Waals surface area contributed by atoms with Gasteiger partial charge in [-0.1, -0.05) is 41.9 Å². The highest BCUT2D eigenvalue weighted by molar-refractivity contribution is 9.10. The second-order valence-electron chi connectivity index (χ2n) is 4.68. The van der Waals surface area contributed by atoms with E-state index >= 15 is 0 Å². The van der Waals surface area contributed by atoms with Crippen molar-refractivity contribution < 1.29 is 0 Å². The van der Waals surface area contributed by atoms with Gasteiger partial charge in [-0.3, -0.25) is 0 Å². The average Bonchev–Trinajstić information content (AvgIpc) is 2.78. The lowest BCUT2D eigenvalue weighted by atomic mass is 10.1. The maximum absolute atomic E-state index is 6.21. The Kier molecular flexibility index (Phi) is 4.54. The largest absolute Gasteiger partial charge is 0.324 e. The molecule has 2 N–H and O–H groups in total. The summed E-state index contributed by atoms with van der Waals surface area (Å²) >= 11 is 5.13. The van der Waals surface area contributed by atoms with Crippen LogP contribution < -0.4 is 5.73 Å². The zero-order chi connectivity index (χ0) is 13.1. The molecule has 4 heteroatoms. The fourth-order valence-corrected chi connectivity index (χ4v) is 2.98. The van der Waals surface area contributed by atoms with Crippen LogP contribution >= 0.6 is 27.3 Å². The van der Waals surface area contributed by atoms with Crippen molar-refractivity contribution in [2.24, 2.45) is 5.73 Å². The van der Waals surface area contributed by atoms with Gasteiger partial charge in [-0.05, 0) is 23.6 Å². The minimum Gasteiger partial charge on any atom is -0.324 e. The molecule has 1 heterocycles. The summed E-state index contributed by atoms with van der Waals surface area (Å²) in [6.45, 7) is 4.32. The van der Waals surface area contributed by atoms with Crippen molar-refractivity contribution in [1.29, 1.82) is 0 Å². The lowest BCUT2D eigenvalue weighted by molar-refractivity contribution is 0.710. The zero-order valence-corrected chi connectivity index (χ0v) is 13.0. The van der Waals surface area contributed by atoms with Crippen LogP contribution in [0, 0.1) is 0 Å². The standard InChI is InChI=1S/C14H17BrN2S/c1-9(2)13-8-18-14(17-13)7-12(16)10-3-5-11(15)6-4-10/h3-6,8-9,12H,7,16H2,1-2H3. The molecule has 0 saturated carbocycles. The Morgan fingerprint density at radius 2 is 1.94 bits per heavy atom. The summed E-state index contributed by atoms with van der Waals surface area (Å²) in [5, 5.41) is 3.25. The summed E-state index contributed by atoms with van der Waals surface area (Å²) in [6.07, 6.45) is 0.805. The van der Waals surface area contributed by atoms with E-state index < -0.39 is 0 Å². The molecule has 1 aromatic heterocycles. The molecule has 0 aliphatic heterocycles. The Bertz CT molecular complexity index is 505. The van der Waals surface area contributed by atoms with Crippen molar-refractivity contribution in [1.82, 2.24) is 4.98 Å². The van der Waals surface area contributed by atoms with Gasteiger partial charge in [0.2, 0.25) is 0 Å². The number of nitrogens with zero attached hydrogens (tertiary/aromatic N) is 1. The number of hydrogen-bond donors (Lipinski definition) is 1. The van der Waals surface area contributed by atoms with Crippen molar-refractivity contribution in [3.8, 4) is 0 Å². The van der Waals surface area contributed by atoms with Crippen molar-refractivity contribution >= 4 is 27.3 Å². The fraction of sp³-hybridized carbons (Fsp3) is 0.357. The number of hydrogen-bond acceptors (Lipinski definition) is 3. The first-order valence-corrected chi connectivity index (χ1v) is 7.69. The van der Waals surface area contributed by atoms with Crippen LogP contribution in [-0.2, 0) is 6.42 Å². The number of aromatic nitrogens is 1. The SMILES string of the molecule is CC(C)c1csc(CC(N)c2ccc(Br)cc2)n1. The quantitative estimate of drug-likeness (QED) is 0.912. The lowest BCUT2D eigenvalue weighted by Crippen LogP contribution is -2.13. The number of halogens is 1. The molecule has 1 aromatic carbocycles. The van der Waals surface area contributed by atoms with Crippen LogP contribution in [0.5, 0.6) is 0 Å². The molecule has 0 aliphatic rings. The smallest absolute Gasteiger partial charge is 0.0947 e. The lowest BCUT2D eigenvalue weighted by Gasteiger charge is -2.10. The van der Waals surface area contributed by atoms with E-state index in [2.05, 4.69) is 52.3 Å². The topological polar surface area (TPSA) is 38.9 Å². The summed E-state index contributed by atoms with van der Waals surface area (Å²) < 4.78 is 1.08. The molecule has 2 rings (SSSR count). The predicted octanol–water partition coefficient (Wildman–Crippen LogP) is 4.27. The van der Waals surface area contributed by atoms with E-state index in [0.717, 1.165) is 27.2 Å². The summed E-state index contributed by atoms with van der Waals surface area (Å²) in [4.78, 5) is 4.62. The first-order chi connectivity index (χ1) is 8.56. The molecule has 0 fully saturated rings. The van der Waals surface area contributed by atoms with Crippen LogP contribution in [0.2, 0.25) is 0 Å². The van der Waals surface area contributed by atoms with Gasteiger partial charge >= 0.3 is 0 Å². The summed E-state index contributed by atoms with van der Waals surface area (Å²) in [5.74, 6) is 0.485. The van der Waals surface area contributed by atoms with Crippen LogP contribution in [0.15, 0.2) is 34.1 Å². The van der Waals surface area contributed by atoms with Gasteiger partial charge in [0.15, 0.2) is 0 Å². The van der Waals surface area contributed by atoms with E-state index in [1.165, 1.54) is 0 Å². The molecule has 0 aliphatic carbocycles. The maximum Gasteiger partial charge on any atom is 0.0947 e. The molecule has 0 amide bonds. The molecule has 0 radical (unpaired) electrons. The first kappa shape index (κ1) is 13.7. The average molecular weight is 325 g/mol. The van der Waals surface area contributed by atoms with E-state index in [9.17, 15) is 0 Å². The van der Waals surface area contributed by atoms with Gasteiger partial charge in [0.1, 0.15) is 0 Å². The molecule has 0 saturated heterocycles. The van der Waals surface area contributed by atoms with Crippen molar-refractivity contribution in [3.63, 3.8) is 0 Å². The Balaban J connectivity index is 2.06. The van der Waals surface area contributed by atoms with Gasteiger partial charge in [0.05, 0.1) is 10.7 Å². The van der Waals surface area contributed by atoms with Crippen LogP contribution in [0.4, 0.5) is 0 Å². The van der Waals surface area contributed by atoms with Gasteiger partial charge in [-0.25, -0.2) is 4.98 Å². The molecule has 18 heavy (non-hydrogen) atoms. The molecule has 1 unspecified atom stereocenters. The van der Waals surface area contributed by atoms with Crippen molar-refractivity contribution in [3.05, 3.63) is 50.4 Å². The Hall–Kier alpha value is -0.710. The van der Waals surface area contributed by atoms with Crippen LogP contribution in [-0.4, -0.2) is 4.98 Å². The molecule has 2 nitrogen and oxygen atoms in total. The number of rotatable bonds is 4. The Morgan fingerprint density at radius 3 is 2.50 bits per heavy atom. The second-order valence-corrected chi connectivity index (χ2v) is 6.54. The summed E-state index contributed by atoms with van der Waals surface area (Å²) in [6, 6.07) is 8.19. The van der Waals surface area contributed by atoms with E-state index in [1.54, 1.807) is 11.3 Å². The van der Waals surface area contributed by atoms with E-state index in [1.807, 2.05) is 12.1 Å². The third-order valence-electron chi connectivity index (χ3n) is 2.85. The van der Waals surface area contributed by atoms with E-state index in [0.29, 0.717) is 5.92 Å². The summed E-state index contributed by atoms with van der Waals surface area (Å²) in [7, 11) is 0. The van der Waals surface area contributed by atoms with Crippen molar-refractivity contribution in [2.45, 2.75) is 32.2 Å². The minimum absolute atomic E-state index is 0.0178. The molecular formula is C14H17BrN2S. The summed E-state index contributed by atoms with van der Waals surface area (Å²) in [5.41, 5.74) is 8.53. The van der Waals surface area contributed by atoms with Crippen molar-refractivity contribution in [2.75, 3.05) is 0 Å². The van der Waals surface area contributed by atoms with Crippen LogP contribution in [0.3, 0.4) is 0 Å². The molecule has 0 bridgehead atoms. The van der Waals surface area contributed by atoms with E-state index in [4.69, 9.17) is 5.73 Å². The molecule has 1 atom stereocenters. The monoisotopic (exact) mass is 324 g/mol. The maximum atomic E-state index is 6.21. The van der Waals surface area contributed by atoms with E-state index in [-0.39, 0.29) is 6.04 Å². The third-order valence-corrected chi connectivity index (χ3v) is 4.27. The van der Waals surface area contributed by atoms with Gasteiger partial charge in [0.25, 0.3) is 0 Å². The minimum atomic E-state index is 0.0178. The zero-order valence-electron chi connectivity index (χ0n) is 10.6. The highest BCUT2D eigenvalue weighted by Gasteiger charge is 2.11. The third kappa shape index (κ3) is 3.40. The molecular weight excluding hydrogens is 308 g/mol. The van der Waals surface area contributed by atoms with Gasteiger partial charge in [-0.15, -0.1) is 11.3 Å². The number of thiazole rings is 1. The van der Waals surface area contributed by atoms with Crippen LogP contribution in [0.25, 0.3) is 0 Å². The van der Waals surface area contributed by atoms with Gasteiger partial charge < -0.3 is 5.73 Å². The highest BCUT2D eigenvalue weighted by Crippen LogP contribution is 2.23. The number of nitrogens with two attached hydrogens (primary N) is 1. The van der Waals surface area contributed by atoms with Gasteiger partial charge in [-0.2, -0.15) is 0 Å². The highest BCUT2D eigenvalue weighted by atomic mass is 79.9. The Labute approximate surface area is 120 Å². The number of benzene rings is 1. The van der Waals surface area contributed by atoms with Crippen LogP contribution in [0.1, 0.15) is 42.1 Å². The molecule has 2 aromatic rings. The fourth-order valence-electron chi connectivity index (χ4n) is 1.70. The predicted molar refractivity (Wildman–Crippen MR) is 81.0 cm³/mol. The first-order valence-electron chi connectivity index (χ1n) is 6.01. The normalized spacial score (nSPS) is 12.9. The molecule has 0 spiro atoms. The second kappa shape index (κ2) is 5.95.